The van der Waals surface area contributed by atoms with E-state index in [9.17, 15) is 14.7 Å². The number of carboxylic acids is 1. The summed E-state index contributed by atoms with van der Waals surface area (Å²) in [4.78, 5) is 28.4. The summed E-state index contributed by atoms with van der Waals surface area (Å²) in [5, 5.41) is 20.5. The standard InChI is InChI=1S/C23H17BrN4O5S/c1-32-19-5-3-2-4-15(19)16-10-18(21(30)31)25-11-17(16)20(29)26-22-27-28-23(34-22)33-12-13-6-8-14(24)9-7-13/h2-11H,12H2,1H3,(H,30,31)(H,26,27,29). The zero-order chi connectivity index (χ0) is 24.1. The predicted octanol–water partition coefficient (Wildman–Crippen LogP) is 4.90. The second kappa shape index (κ2) is 10.4. The lowest BCUT2D eigenvalue weighted by molar-refractivity contribution is 0.0690. The molecule has 0 aliphatic rings. The summed E-state index contributed by atoms with van der Waals surface area (Å²) in [6, 6.07) is 16.0. The van der Waals surface area contributed by atoms with Gasteiger partial charge in [0.05, 0.1) is 12.7 Å². The number of anilines is 1. The number of carbonyl (C=O) groups excluding carboxylic acids is 1. The summed E-state index contributed by atoms with van der Waals surface area (Å²) in [6.07, 6.45) is 1.21. The number of aromatic carboxylic acids is 1. The Hall–Kier alpha value is -3.83. The van der Waals surface area contributed by atoms with Crippen LogP contribution < -0.4 is 14.8 Å². The maximum absolute atomic E-state index is 13.1. The lowest BCUT2D eigenvalue weighted by Crippen LogP contribution is -2.15. The summed E-state index contributed by atoms with van der Waals surface area (Å²) in [6.45, 7) is 0.300. The van der Waals surface area contributed by atoms with Gasteiger partial charge in [0.2, 0.25) is 5.13 Å². The Morgan fingerprint density at radius 2 is 1.85 bits per heavy atom. The molecule has 0 fully saturated rings. The molecule has 0 radical (unpaired) electrons. The second-order valence-corrected chi connectivity index (χ2v) is 8.72. The van der Waals surface area contributed by atoms with E-state index >= 15 is 0 Å². The number of ether oxygens (including phenoxy) is 2. The molecule has 0 bridgehead atoms. The predicted molar refractivity (Wildman–Crippen MR) is 130 cm³/mol. The number of benzene rings is 2. The van der Waals surface area contributed by atoms with Crippen LogP contribution in [-0.4, -0.2) is 39.3 Å². The highest BCUT2D eigenvalue weighted by Gasteiger charge is 2.20. The Labute approximate surface area is 206 Å². The quantitative estimate of drug-likeness (QED) is 0.323. The molecule has 1 amide bonds. The van der Waals surface area contributed by atoms with E-state index < -0.39 is 11.9 Å². The van der Waals surface area contributed by atoms with E-state index in [0.29, 0.717) is 28.7 Å². The van der Waals surface area contributed by atoms with Gasteiger partial charge in [-0.1, -0.05) is 51.4 Å². The third-order valence-electron chi connectivity index (χ3n) is 4.67. The first-order valence-electron chi connectivity index (χ1n) is 9.83. The van der Waals surface area contributed by atoms with E-state index in [-0.39, 0.29) is 16.4 Å². The van der Waals surface area contributed by atoms with Gasteiger partial charge in [0.1, 0.15) is 18.1 Å². The molecule has 0 aliphatic carbocycles. The van der Waals surface area contributed by atoms with Gasteiger partial charge in [-0.2, -0.15) is 0 Å². The van der Waals surface area contributed by atoms with Gasteiger partial charge >= 0.3 is 5.97 Å². The molecule has 0 unspecified atom stereocenters. The molecule has 172 valence electrons. The Morgan fingerprint density at radius 1 is 1.09 bits per heavy atom. The van der Waals surface area contributed by atoms with Crippen molar-refractivity contribution in [1.29, 1.82) is 0 Å². The number of hydrogen-bond acceptors (Lipinski definition) is 8. The molecule has 2 N–H and O–H groups in total. The molecule has 0 aliphatic heterocycles. The maximum Gasteiger partial charge on any atom is 0.354 e. The van der Waals surface area contributed by atoms with E-state index in [4.69, 9.17) is 9.47 Å². The van der Waals surface area contributed by atoms with Crippen molar-refractivity contribution in [2.24, 2.45) is 0 Å². The van der Waals surface area contributed by atoms with Crippen LogP contribution in [0.4, 0.5) is 5.13 Å². The third-order valence-corrected chi connectivity index (χ3v) is 5.95. The summed E-state index contributed by atoms with van der Waals surface area (Å²) < 4.78 is 12.0. The SMILES string of the molecule is COc1ccccc1-c1cc(C(=O)O)ncc1C(=O)Nc1nnc(OCc2ccc(Br)cc2)s1. The number of methoxy groups -OCH3 is 1. The fraction of sp³-hybridized carbons (Fsp3) is 0.0870. The summed E-state index contributed by atoms with van der Waals surface area (Å²) in [5.74, 6) is -1.25. The van der Waals surface area contributed by atoms with E-state index in [0.717, 1.165) is 21.4 Å². The van der Waals surface area contributed by atoms with Crippen molar-refractivity contribution in [3.05, 3.63) is 82.1 Å². The number of amides is 1. The number of para-hydroxylation sites is 1. The Kier molecular flexibility index (Phi) is 7.14. The number of carbonyl (C=O) groups is 2. The van der Waals surface area contributed by atoms with Crippen molar-refractivity contribution >= 4 is 44.3 Å². The third kappa shape index (κ3) is 5.38. The van der Waals surface area contributed by atoms with Gasteiger partial charge in [-0.15, -0.1) is 5.10 Å². The van der Waals surface area contributed by atoms with Crippen LogP contribution in [0.1, 0.15) is 26.4 Å². The minimum atomic E-state index is -1.21. The van der Waals surface area contributed by atoms with E-state index in [1.165, 1.54) is 19.4 Å². The van der Waals surface area contributed by atoms with Crippen LogP contribution in [-0.2, 0) is 6.61 Å². The number of aromatic nitrogens is 3. The first-order valence-corrected chi connectivity index (χ1v) is 11.4. The average molecular weight is 541 g/mol. The molecular weight excluding hydrogens is 524 g/mol. The number of rotatable bonds is 8. The van der Waals surface area contributed by atoms with Crippen LogP contribution in [0, 0.1) is 0 Å². The van der Waals surface area contributed by atoms with Crippen molar-refractivity contribution < 1.29 is 24.2 Å². The monoisotopic (exact) mass is 540 g/mol. The molecule has 0 spiro atoms. The summed E-state index contributed by atoms with van der Waals surface area (Å²) >= 11 is 4.45. The molecule has 0 saturated heterocycles. The lowest BCUT2D eigenvalue weighted by Gasteiger charge is -2.13. The number of halogens is 1. The topological polar surface area (TPSA) is 124 Å². The summed E-state index contributed by atoms with van der Waals surface area (Å²) in [5.41, 5.74) is 1.82. The van der Waals surface area contributed by atoms with Gasteiger partial charge in [0.15, 0.2) is 0 Å². The van der Waals surface area contributed by atoms with Gasteiger partial charge in [0.25, 0.3) is 11.1 Å². The fourth-order valence-corrected chi connectivity index (χ4v) is 3.91. The fourth-order valence-electron chi connectivity index (χ4n) is 3.05. The number of hydrogen-bond donors (Lipinski definition) is 2. The number of nitrogens with one attached hydrogen (secondary N) is 1. The smallest absolute Gasteiger partial charge is 0.354 e. The minimum absolute atomic E-state index is 0.155. The Morgan fingerprint density at radius 3 is 2.59 bits per heavy atom. The van der Waals surface area contributed by atoms with Crippen LogP contribution in [0.3, 0.4) is 0 Å². The molecule has 2 aromatic carbocycles. The van der Waals surface area contributed by atoms with Crippen molar-refractivity contribution in [1.82, 2.24) is 15.2 Å². The normalized spacial score (nSPS) is 10.5. The first-order chi connectivity index (χ1) is 16.4. The van der Waals surface area contributed by atoms with Gasteiger partial charge < -0.3 is 14.6 Å². The molecule has 4 aromatic rings. The number of nitrogens with zero attached hydrogens (tertiary/aromatic N) is 3. The van der Waals surface area contributed by atoms with Crippen molar-refractivity contribution in [3.63, 3.8) is 0 Å². The second-order valence-electron chi connectivity index (χ2n) is 6.86. The lowest BCUT2D eigenvalue weighted by atomic mass is 9.99. The van der Waals surface area contributed by atoms with Crippen LogP contribution in [0.2, 0.25) is 0 Å². The number of carboxylic acid groups (broad SMARTS) is 1. The molecule has 2 heterocycles. The van der Waals surface area contributed by atoms with Gasteiger partial charge in [-0.25, -0.2) is 9.78 Å². The van der Waals surface area contributed by atoms with E-state index in [2.05, 4.69) is 36.4 Å². The van der Waals surface area contributed by atoms with Crippen LogP contribution in [0.25, 0.3) is 11.1 Å². The van der Waals surface area contributed by atoms with Gasteiger partial charge in [-0.3, -0.25) is 10.1 Å². The Bertz CT molecular complexity index is 1340. The highest BCUT2D eigenvalue weighted by Crippen LogP contribution is 2.33. The van der Waals surface area contributed by atoms with E-state index in [1.54, 1.807) is 24.3 Å². The first kappa shape index (κ1) is 23.3. The average Bonchev–Trinajstić information content (AvgIpc) is 3.30. The maximum atomic E-state index is 13.1. The zero-order valence-electron chi connectivity index (χ0n) is 17.7. The van der Waals surface area contributed by atoms with Gasteiger partial charge in [-0.05, 0) is 41.2 Å². The van der Waals surface area contributed by atoms with Crippen molar-refractivity contribution in [2.45, 2.75) is 6.61 Å². The molecule has 0 saturated carbocycles. The molecule has 0 atom stereocenters. The largest absolute Gasteiger partial charge is 0.496 e. The molecule has 4 rings (SSSR count). The van der Waals surface area contributed by atoms with Crippen molar-refractivity contribution in [3.8, 4) is 22.1 Å². The zero-order valence-corrected chi connectivity index (χ0v) is 20.1. The molecule has 34 heavy (non-hydrogen) atoms. The Balaban J connectivity index is 1.55. The van der Waals surface area contributed by atoms with Crippen LogP contribution >= 0.6 is 27.3 Å². The highest BCUT2D eigenvalue weighted by atomic mass is 79.9. The molecule has 2 aromatic heterocycles. The molecule has 11 heteroatoms. The molecular formula is C23H17BrN4O5S. The van der Waals surface area contributed by atoms with Crippen LogP contribution in [0.5, 0.6) is 10.9 Å². The van der Waals surface area contributed by atoms with E-state index in [1.807, 2.05) is 24.3 Å². The van der Waals surface area contributed by atoms with Crippen LogP contribution in [0.15, 0.2) is 65.3 Å². The number of pyridine rings is 1. The summed E-state index contributed by atoms with van der Waals surface area (Å²) in [7, 11) is 1.49. The van der Waals surface area contributed by atoms with Gasteiger partial charge in [0, 0.05) is 21.8 Å². The van der Waals surface area contributed by atoms with Crippen molar-refractivity contribution in [2.75, 3.05) is 12.4 Å². The highest BCUT2D eigenvalue weighted by molar-refractivity contribution is 9.10. The minimum Gasteiger partial charge on any atom is -0.496 e. The molecule has 9 nitrogen and oxygen atoms in total.